The van der Waals surface area contributed by atoms with E-state index in [-0.39, 0.29) is 11.7 Å². The normalized spacial score (nSPS) is 20.5. The topological polar surface area (TPSA) is 55.8 Å². The molecule has 28 heavy (non-hydrogen) atoms. The predicted octanol–water partition coefficient (Wildman–Crippen LogP) is 3.57. The van der Waals surface area contributed by atoms with Gasteiger partial charge in [-0.05, 0) is 55.9 Å². The molecule has 2 aromatic rings. The minimum absolute atomic E-state index is 0.0556. The lowest BCUT2D eigenvalue weighted by Crippen LogP contribution is -2.47. The van der Waals surface area contributed by atoms with Crippen molar-refractivity contribution in [2.75, 3.05) is 24.7 Å². The van der Waals surface area contributed by atoms with Crippen LogP contribution in [0.4, 0.5) is 5.69 Å². The molecule has 144 valence electrons. The summed E-state index contributed by atoms with van der Waals surface area (Å²) in [5.74, 6) is -1.07. The number of fused-ring (bicyclic) bond motifs is 2. The van der Waals surface area contributed by atoms with Crippen LogP contribution in [0.15, 0.2) is 42.5 Å². The summed E-state index contributed by atoms with van der Waals surface area (Å²) in [6.45, 7) is 3.55. The van der Waals surface area contributed by atoms with Gasteiger partial charge in [0.15, 0.2) is 5.78 Å². The van der Waals surface area contributed by atoms with E-state index in [1.165, 1.54) is 0 Å². The molecular weight excluding hydrogens is 354 g/mol. The number of aryl methyl sites for hydroxylation is 1. The second kappa shape index (κ2) is 6.54. The Labute approximate surface area is 164 Å². The number of hydrogen-bond acceptors (Lipinski definition) is 4. The highest BCUT2D eigenvalue weighted by molar-refractivity contribution is 6.12. The van der Waals surface area contributed by atoms with Gasteiger partial charge in [-0.2, -0.15) is 0 Å². The lowest BCUT2D eigenvalue weighted by Gasteiger charge is -2.32. The molecule has 2 aliphatic heterocycles. The third-order valence-corrected chi connectivity index (χ3v) is 5.86. The van der Waals surface area contributed by atoms with Crippen LogP contribution in [0.1, 0.15) is 46.3 Å². The number of benzene rings is 2. The molecule has 1 saturated heterocycles. The molecule has 0 radical (unpaired) electrons. The van der Waals surface area contributed by atoms with Gasteiger partial charge in [0.1, 0.15) is 0 Å². The molecule has 2 heterocycles. The highest BCUT2D eigenvalue weighted by Gasteiger charge is 2.55. The van der Waals surface area contributed by atoms with E-state index in [4.69, 9.17) is 9.47 Å². The van der Waals surface area contributed by atoms with E-state index in [9.17, 15) is 9.59 Å². The third-order valence-electron chi connectivity index (χ3n) is 5.86. The summed E-state index contributed by atoms with van der Waals surface area (Å²) in [7, 11) is 0. The molecule has 0 aromatic heterocycles. The van der Waals surface area contributed by atoms with Gasteiger partial charge in [-0.3, -0.25) is 9.59 Å². The summed E-state index contributed by atoms with van der Waals surface area (Å²) >= 11 is 0. The van der Waals surface area contributed by atoms with Crippen LogP contribution >= 0.6 is 0 Å². The van der Waals surface area contributed by atoms with E-state index < -0.39 is 5.79 Å². The first-order valence-electron chi connectivity index (χ1n) is 9.95. The van der Waals surface area contributed by atoms with Crippen LogP contribution in [0.25, 0.3) is 0 Å². The first-order chi connectivity index (χ1) is 13.6. The molecule has 0 atom stereocenters. The standard InChI is InChI=1S/C23H23NO4/c1-15-5-2-3-6-18(15)21(25)17-9-10-20-19(13-17)23(27-11-4-12-28-23)22(26)24(20)14-16-7-8-16/h2-3,5-6,9-10,13,16H,4,7-8,11-12,14H2,1H3. The monoisotopic (exact) mass is 377 g/mol. The average molecular weight is 377 g/mol. The molecule has 2 aromatic carbocycles. The summed E-state index contributed by atoms with van der Waals surface area (Å²) in [5, 5.41) is 0. The second-order valence-electron chi connectivity index (χ2n) is 7.90. The van der Waals surface area contributed by atoms with E-state index in [0.29, 0.717) is 42.4 Å². The van der Waals surface area contributed by atoms with Crippen LogP contribution in [-0.4, -0.2) is 31.4 Å². The van der Waals surface area contributed by atoms with Gasteiger partial charge >= 0.3 is 0 Å². The SMILES string of the molecule is Cc1ccccc1C(=O)c1ccc2c(c1)C1(OCCCO1)C(=O)N2CC1CC1. The second-order valence-corrected chi connectivity index (χ2v) is 7.90. The van der Waals surface area contributed by atoms with E-state index in [0.717, 1.165) is 30.5 Å². The van der Waals surface area contributed by atoms with Crippen molar-refractivity contribution in [3.63, 3.8) is 0 Å². The minimum Gasteiger partial charge on any atom is -0.338 e. The Bertz CT molecular complexity index is 957. The van der Waals surface area contributed by atoms with Gasteiger partial charge in [0.2, 0.25) is 0 Å². The number of amides is 1. The molecule has 0 N–H and O–H groups in total. The Morgan fingerprint density at radius 3 is 2.61 bits per heavy atom. The van der Waals surface area contributed by atoms with Crippen molar-refractivity contribution in [1.29, 1.82) is 0 Å². The van der Waals surface area contributed by atoms with Crippen LogP contribution in [0.5, 0.6) is 0 Å². The summed E-state index contributed by atoms with van der Waals surface area (Å²) < 4.78 is 11.9. The quantitative estimate of drug-likeness (QED) is 0.765. The molecule has 5 heteroatoms. The van der Waals surface area contributed by atoms with Crippen molar-refractivity contribution in [3.8, 4) is 0 Å². The van der Waals surface area contributed by atoms with E-state index in [2.05, 4.69) is 0 Å². The molecule has 2 fully saturated rings. The molecule has 1 spiro atoms. The number of rotatable bonds is 4. The molecular formula is C23H23NO4. The van der Waals surface area contributed by atoms with Gasteiger partial charge in [-0.15, -0.1) is 0 Å². The van der Waals surface area contributed by atoms with Crippen molar-refractivity contribution >= 4 is 17.4 Å². The summed E-state index contributed by atoms with van der Waals surface area (Å²) in [6.07, 6.45) is 3.06. The summed E-state index contributed by atoms with van der Waals surface area (Å²) in [5.41, 5.74) is 3.61. The van der Waals surface area contributed by atoms with Gasteiger partial charge in [0, 0.05) is 23.2 Å². The Morgan fingerprint density at radius 1 is 1.14 bits per heavy atom. The molecule has 1 aliphatic carbocycles. The number of carbonyl (C=O) groups is 2. The van der Waals surface area contributed by atoms with Gasteiger partial charge < -0.3 is 14.4 Å². The van der Waals surface area contributed by atoms with Crippen LogP contribution in [-0.2, 0) is 20.1 Å². The van der Waals surface area contributed by atoms with Crippen LogP contribution in [0.2, 0.25) is 0 Å². The largest absolute Gasteiger partial charge is 0.338 e. The number of carbonyl (C=O) groups excluding carboxylic acids is 2. The number of ketones is 1. The first kappa shape index (κ1) is 17.6. The molecule has 1 amide bonds. The fourth-order valence-corrected chi connectivity index (χ4v) is 4.11. The van der Waals surface area contributed by atoms with Gasteiger partial charge in [0.25, 0.3) is 11.7 Å². The highest BCUT2D eigenvalue weighted by atomic mass is 16.7. The maximum atomic E-state index is 13.3. The molecule has 0 unspecified atom stereocenters. The number of nitrogens with zero attached hydrogens (tertiary/aromatic N) is 1. The molecule has 1 saturated carbocycles. The summed E-state index contributed by atoms with van der Waals surface area (Å²) in [4.78, 5) is 28.2. The van der Waals surface area contributed by atoms with E-state index >= 15 is 0 Å². The minimum atomic E-state index is -1.40. The van der Waals surface area contributed by atoms with E-state index in [1.54, 1.807) is 11.0 Å². The maximum Gasteiger partial charge on any atom is 0.292 e. The first-order valence-corrected chi connectivity index (χ1v) is 9.95. The lowest BCUT2D eigenvalue weighted by atomic mass is 9.95. The predicted molar refractivity (Wildman–Crippen MR) is 104 cm³/mol. The Kier molecular flexibility index (Phi) is 4.11. The fraction of sp³-hybridized carbons (Fsp3) is 0.391. The Balaban J connectivity index is 1.59. The number of hydrogen-bond donors (Lipinski definition) is 0. The zero-order valence-electron chi connectivity index (χ0n) is 15.9. The smallest absolute Gasteiger partial charge is 0.292 e. The van der Waals surface area contributed by atoms with Crippen LogP contribution < -0.4 is 4.90 Å². The summed E-state index contributed by atoms with van der Waals surface area (Å²) in [6, 6.07) is 13.0. The number of ether oxygens (including phenoxy) is 2. The van der Waals surface area contributed by atoms with Gasteiger partial charge in [-0.25, -0.2) is 0 Å². The molecule has 5 rings (SSSR count). The lowest BCUT2D eigenvalue weighted by molar-refractivity contribution is -0.256. The van der Waals surface area contributed by atoms with Crippen molar-refractivity contribution in [3.05, 3.63) is 64.7 Å². The average Bonchev–Trinajstić information content (AvgIpc) is 3.52. The van der Waals surface area contributed by atoms with Crippen molar-refractivity contribution in [2.24, 2.45) is 5.92 Å². The third kappa shape index (κ3) is 2.69. The zero-order chi connectivity index (χ0) is 19.3. The maximum absolute atomic E-state index is 13.3. The highest BCUT2D eigenvalue weighted by Crippen LogP contribution is 2.47. The fourth-order valence-electron chi connectivity index (χ4n) is 4.11. The van der Waals surface area contributed by atoms with Gasteiger partial charge in [0.05, 0.1) is 18.9 Å². The van der Waals surface area contributed by atoms with Crippen molar-refractivity contribution in [2.45, 2.75) is 32.0 Å². The van der Waals surface area contributed by atoms with E-state index in [1.807, 2.05) is 43.3 Å². The van der Waals surface area contributed by atoms with Crippen molar-refractivity contribution in [1.82, 2.24) is 0 Å². The molecule has 3 aliphatic rings. The van der Waals surface area contributed by atoms with Gasteiger partial charge in [-0.1, -0.05) is 24.3 Å². The van der Waals surface area contributed by atoms with Crippen LogP contribution in [0, 0.1) is 12.8 Å². The molecule has 5 nitrogen and oxygen atoms in total. The Hall–Kier alpha value is -2.50. The Morgan fingerprint density at radius 2 is 1.89 bits per heavy atom. The number of anilines is 1. The van der Waals surface area contributed by atoms with Crippen molar-refractivity contribution < 1.29 is 19.1 Å². The molecule has 0 bridgehead atoms. The zero-order valence-corrected chi connectivity index (χ0v) is 15.9. The van der Waals surface area contributed by atoms with Crippen LogP contribution in [0.3, 0.4) is 0 Å².